The van der Waals surface area contributed by atoms with Gasteiger partial charge in [-0.25, -0.2) is 0 Å². The van der Waals surface area contributed by atoms with Crippen LogP contribution in [0.4, 0.5) is 0 Å². The van der Waals surface area contributed by atoms with Crippen LogP contribution >= 0.6 is 0 Å². The van der Waals surface area contributed by atoms with Crippen molar-refractivity contribution in [1.82, 2.24) is 0 Å². The van der Waals surface area contributed by atoms with Crippen LogP contribution in [-0.4, -0.2) is 5.11 Å². The lowest BCUT2D eigenvalue weighted by Gasteiger charge is -2.22. The molecule has 0 radical (unpaired) electrons. The van der Waals surface area contributed by atoms with Gasteiger partial charge >= 0.3 is 0 Å². The summed E-state index contributed by atoms with van der Waals surface area (Å²) in [4.78, 5) is 0. The van der Waals surface area contributed by atoms with E-state index in [2.05, 4.69) is 26.8 Å². The SMILES string of the molecule is CCCC(C)C(CC)c1cccc(O)c1. The molecule has 1 nitrogen and oxygen atoms in total. The van der Waals surface area contributed by atoms with Crippen LogP contribution in [0, 0.1) is 5.92 Å². The van der Waals surface area contributed by atoms with Gasteiger partial charge in [0, 0.05) is 0 Å². The fourth-order valence-corrected chi connectivity index (χ4v) is 2.38. The molecule has 0 heterocycles. The van der Waals surface area contributed by atoms with Crippen molar-refractivity contribution >= 4 is 0 Å². The third-order valence-corrected chi connectivity index (χ3v) is 3.17. The molecule has 0 spiro atoms. The summed E-state index contributed by atoms with van der Waals surface area (Å²) in [6.45, 7) is 6.76. The summed E-state index contributed by atoms with van der Waals surface area (Å²) in [5.74, 6) is 1.66. The van der Waals surface area contributed by atoms with Crippen LogP contribution < -0.4 is 0 Å². The topological polar surface area (TPSA) is 20.2 Å². The van der Waals surface area contributed by atoms with E-state index in [0.29, 0.717) is 17.6 Å². The summed E-state index contributed by atoms with van der Waals surface area (Å²) in [6.07, 6.45) is 3.63. The molecule has 0 bridgehead atoms. The van der Waals surface area contributed by atoms with Gasteiger partial charge in [-0.2, -0.15) is 0 Å². The first-order chi connectivity index (χ1) is 7.19. The number of benzene rings is 1. The van der Waals surface area contributed by atoms with Crippen LogP contribution in [0.5, 0.6) is 5.75 Å². The van der Waals surface area contributed by atoms with Crippen LogP contribution in [0.2, 0.25) is 0 Å². The predicted octanol–water partition coefficient (Wildman–Crippen LogP) is 4.32. The molecular formula is C14H22O. The van der Waals surface area contributed by atoms with Gasteiger partial charge in [0.1, 0.15) is 5.75 Å². The highest BCUT2D eigenvalue weighted by molar-refractivity contribution is 5.30. The smallest absolute Gasteiger partial charge is 0.115 e. The van der Waals surface area contributed by atoms with E-state index in [9.17, 15) is 5.11 Å². The zero-order valence-electron chi connectivity index (χ0n) is 10.0. The second-order valence-corrected chi connectivity index (χ2v) is 4.38. The Kier molecular flexibility index (Phi) is 4.67. The van der Waals surface area contributed by atoms with Crippen molar-refractivity contribution in [2.45, 2.75) is 46.0 Å². The Morgan fingerprint density at radius 3 is 2.53 bits per heavy atom. The van der Waals surface area contributed by atoms with Gasteiger partial charge in [0.25, 0.3) is 0 Å². The van der Waals surface area contributed by atoms with Crippen molar-refractivity contribution in [2.24, 2.45) is 5.92 Å². The van der Waals surface area contributed by atoms with E-state index in [0.717, 1.165) is 6.42 Å². The lowest BCUT2D eigenvalue weighted by molar-refractivity contribution is 0.412. The average molecular weight is 206 g/mol. The molecule has 0 aliphatic heterocycles. The average Bonchev–Trinajstić information content (AvgIpc) is 2.19. The number of aromatic hydroxyl groups is 1. The first-order valence-corrected chi connectivity index (χ1v) is 5.98. The van der Waals surface area contributed by atoms with Gasteiger partial charge in [0.05, 0.1) is 0 Å². The highest BCUT2D eigenvalue weighted by Crippen LogP contribution is 2.32. The Balaban J connectivity index is 2.82. The van der Waals surface area contributed by atoms with Crippen LogP contribution in [-0.2, 0) is 0 Å². The van der Waals surface area contributed by atoms with E-state index in [1.165, 1.54) is 18.4 Å². The van der Waals surface area contributed by atoms with Crippen LogP contribution in [0.3, 0.4) is 0 Å². The fraction of sp³-hybridized carbons (Fsp3) is 0.571. The Bertz CT molecular complexity index is 293. The molecule has 84 valence electrons. The maximum Gasteiger partial charge on any atom is 0.115 e. The maximum absolute atomic E-state index is 9.47. The first-order valence-electron chi connectivity index (χ1n) is 5.98. The highest BCUT2D eigenvalue weighted by atomic mass is 16.3. The molecule has 0 fully saturated rings. The molecule has 0 saturated carbocycles. The molecule has 0 aliphatic carbocycles. The number of rotatable bonds is 5. The molecule has 1 N–H and O–H groups in total. The number of hydrogen-bond acceptors (Lipinski definition) is 1. The van der Waals surface area contributed by atoms with Gasteiger partial charge in [-0.05, 0) is 36.0 Å². The van der Waals surface area contributed by atoms with Gasteiger partial charge in [-0.15, -0.1) is 0 Å². The number of phenols is 1. The van der Waals surface area contributed by atoms with Crippen molar-refractivity contribution in [2.75, 3.05) is 0 Å². The minimum atomic E-state index is 0.384. The summed E-state index contributed by atoms with van der Waals surface area (Å²) in [7, 11) is 0. The maximum atomic E-state index is 9.47. The van der Waals surface area contributed by atoms with Crippen molar-refractivity contribution in [3.63, 3.8) is 0 Å². The minimum absolute atomic E-state index is 0.384. The van der Waals surface area contributed by atoms with Crippen LogP contribution in [0.15, 0.2) is 24.3 Å². The van der Waals surface area contributed by atoms with Crippen molar-refractivity contribution in [3.05, 3.63) is 29.8 Å². The largest absolute Gasteiger partial charge is 0.508 e. The van der Waals surface area contributed by atoms with E-state index in [4.69, 9.17) is 0 Å². The Morgan fingerprint density at radius 1 is 1.27 bits per heavy atom. The van der Waals surface area contributed by atoms with E-state index < -0.39 is 0 Å². The normalized spacial score (nSPS) is 14.9. The second-order valence-electron chi connectivity index (χ2n) is 4.38. The molecule has 2 unspecified atom stereocenters. The number of phenolic OH excluding ortho intramolecular Hbond substituents is 1. The molecule has 2 atom stereocenters. The van der Waals surface area contributed by atoms with E-state index in [1.54, 1.807) is 6.07 Å². The van der Waals surface area contributed by atoms with Crippen molar-refractivity contribution in [3.8, 4) is 5.75 Å². The predicted molar refractivity (Wildman–Crippen MR) is 65.2 cm³/mol. The van der Waals surface area contributed by atoms with E-state index in [-0.39, 0.29) is 0 Å². The Hall–Kier alpha value is -0.980. The summed E-state index contributed by atoms with van der Waals surface area (Å²) in [5, 5.41) is 9.47. The van der Waals surface area contributed by atoms with Gasteiger partial charge in [0.2, 0.25) is 0 Å². The van der Waals surface area contributed by atoms with Crippen LogP contribution in [0.1, 0.15) is 51.5 Å². The van der Waals surface area contributed by atoms with Gasteiger partial charge in [-0.1, -0.05) is 45.7 Å². The lowest BCUT2D eigenvalue weighted by Crippen LogP contribution is -2.08. The summed E-state index contributed by atoms with van der Waals surface area (Å²) in [5.41, 5.74) is 1.28. The Labute approximate surface area is 93.1 Å². The molecule has 1 heteroatoms. The summed E-state index contributed by atoms with van der Waals surface area (Å²) < 4.78 is 0. The monoisotopic (exact) mass is 206 g/mol. The van der Waals surface area contributed by atoms with Gasteiger partial charge < -0.3 is 5.11 Å². The standard InChI is InChI=1S/C14H22O/c1-4-7-11(3)14(5-2)12-8-6-9-13(15)10-12/h6,8-11,14-15H,4-5,7H2,1-3H3. The molecule has 1 aromatic rings. The van der Waals surface area contributed by atoms with Crippen molar-refractivity contribution in [1.29, 1.82) is 0 Å². The molecular weight excluding hydrogens is 184 g/mol. The summed E-state index contributed by atoms with van der Waals surface area (Å²) >= 11 is 0. The quantitative estimate of drug-likeness (QED) is 0.760. The zero-order chi connectivity index (χ0) is 11.3. The zero-order valence-corrected chi connectivity index (χ0v) is 10.0. The molecule has 0 amide bonds. The minimum Gasteiger partial charge on any atom is -0.508 e. The van der Waals surface area contributed by atoms with E-state index >= 15 is 0 Å². The molecule has 1 rings (SSSR count). The summed E-state index contributed by atoms with van der Waals surface area (Å²) in [6, 6.07) is 7.70. The molecule has 15 heavy (non-hydrogen) atoms. The Morgan fingerprint density at radius 2 is 2.00 bits per heavy atom. The van der Waals surface area contributed by atoms with E-state index in [1.807, 2.05) is 12.1 Å². The number of hydrogen-bond donors (Lipinski definition) is 1. The van der Waals surface area contributed by atoms with Gasteiger partial charge in [0.15, 0.2) is 0 Å². The fourth-order valence-electron chi connectivity index (χ4n) is 2.38. The second kappa shape index (κ2) is 5.79. The molecule has 1 aromatic carbocycles. The van der Waals surface area contributed by atoms with Crippen molar-refractivity contribution < 1.29 is 5.11 Å². The third kappa shape index (κ3) is 3.26. The van der Waals surface area contributed by atoms with Gasteiger partial charge in [-0.3, -0.25) is 0 Å². The molecule has 0 saturated heterocycles. The third-order valence-electron chi connectivity index (χ3n) is 3.17. The lowest BCUT2D eigenvalue weighted by atomic mass is 9.83. The van der Waals surface area contributed by atoms with Crippen LogP contribution in [0.25, 0.3) is 0 Å². The molecule has 0 aliphatic rings. The molecule has 0 aromatic heterocycles. The highest BCUT2D eigenvalue weighted by Gasteiger charge is 2.16. The first kappa shape index (κ1) is 12.1.